The van der Waals surface area contributed by atoms with Gasteiger partial charge in [0, 0.05) is 25.5 Å². The average Bonchev–Trinajstić information content (AvgIpc) is 2.73. The molecule has 1 amide bonds. The van der Waals surface area contributed by atoms with Gasteiger partial charge in [0.15, 0.2) is 0 Å². The first-order valence-corrected chi connectivity index (χ1v) is 5.64. The minimum Gasteiger partial charge on any atom is -0.332 e. The van der Waals surface area contributed by atoms with Crippen molar-refractivity contribution in [1.29, 1.82) is 0 Å². The molecule has 5 nitrogen and oxygen atoms in total. The predicted molar refractivity (Wildman–Crippen MR) is 60.5 cm³/mol. The second kappa shape index (κ2) is 4.25. The van der Waals surface area contributed by atoms with Gasteiger partial charge in [-0.1, -0.05) is 13.8 Å². The van der Waals surface area contributed by atoms with Crippen molar-refractivity contribution in [2.75, 3.05) is 6.54 Å². The first-order chi connectivity index (χ1) is 7.59. The van der Waals surface area contributed by atoms with Crippen molar-refractivity contribution in [3.8, 4) is 0 Å². The summed E-state index contributed by atoms with van der Waals surface area (Å²) in [6.07, 6.45) is 3.71. The third kappa shape index (κ3) is 1.95. The summed E-state index contributed by atoms with van der Waals surface area (Å²) >= 11 is 0. The molecule has 1 aromatic rings. The molecule has 5 heteroatoms. The Morgan fingerprint density at radius 2 is 2.25 bits per heavy atom. The quantitative estimate of drug-likeness (QED) is 0.778. The molecule has 0 fully saturated rings. The fourth-order valence-corrected chi connectivity index (χ4v) is 1.86. The number of nitrogens with two attached hydrogens (primary N) is 1. The number of hydrogen-bond donors (Lipinski definition) is 1. The van der Waals surface area contributed by atoms with E-state index in [2.05, 4.69) is 9.55 Å². The molecule has 2 N–H and O–H groups in total. The summed E-state index contributed by atoms with van der Waals surface area (Å²) in [5, 5.41) is 0. The lowest BCUT2D eigenvalue weighted by atomic mass is 10.0. The van der Waals surface area contributed by atoms with Crippen LogP contribution in [0.1, 0.15) is 19.7 Å². The van der Waals surface area contributed by atoms with E-state index in [9.17, 15) is 4.79 Å². The van der Waals surface area contributed by atoms with Crippen LogP contribution in [0.5, 0.6) is 0 Å². The third-order valence-corrected chi connectivity index (χ3v) is 3.06. The van der Waals surface area contributed by atoms with Crippen molar-refractivity contribution < 1.29 is 4.79 Å². The van der Waals surface area contributed by atoms with E-state index < -0.39 is 6.04 Å². The van der Waals surface area contributed by atoms with E-state index in [1.54, 1.807) is 11.1 Å². The molecule has 1 aromatic heterocycles. The van der Waals surface area contributed by atoms with Gasteiger partial charge in [-0.25, -0.2) is 4.98 Å². The van der Waals surface area contributed by atoms with Crippen LogP contribution in [-0.2, 0) is 17.9 Å². The molecule has 1 aliphatic rings. The van der Waals surface area contributed by atoms with Gasteiger partial charge in [0.1, 0.15) is 5.82 Å². The summed E-state index contributed by atoms with van der Waals surface area (Å²) < 4.78 is 2.07. The lowest BCUT2D eigenvalue weighted by Gasteiger charge is -2.30. The summed E-state index contributed by atoms with van der Waals surface area (Å²) in [7, 11) is 0. The monoisotopic (exact) mass is 222 g/mol. The molecule has 0 aliphatic carbocycles. The molecular formula is C11H18N4O. The zero-order chi connectivity index (χ0) is 11.7. The number of fused-ring (bicyclic) bond motifs is 1. The van der Waals surface area contributed by atoms with E-state index in [0.29, 0.717) is 6.54 Å². The average molecular weight is 222 g/mol. The molecule has 0 saturated heterocycles. The minimum absolute atomic E-state index is 0.0317. The SMILES string of the molecule is CC(C)C(N)C(=O)N1CCn2ccnc2C1. The molecule has 0 aromatic carbocycles. The second-order valence-electron chi connectivity index (χ2n) is 4.57. The van der Waals surface area contributed by atoms with Gasteiger partial charge in [-0.3, -0.25) is 4.79 Å². The van der Waals surface area contributed by atoms with E-state index in [4.69, 9.17) is 5.73 Å². The number of carbonyl (C=O) groups is 1. The van der Waals surface area contributed by atoms with Crippen LogP contribution < -0.4 is 5.73 Å². The van der Waals surface area contributed by atoms with Gasteiger partial charge in [0.2, 0.25) is 5.91 Å². The molecule has 88 valence electrons. The third-order valence-electron chi connectivity index (χ3n) is 3.06. The van der Waals surface area contributed by atoms with E-state index >= 15 is 0 Å². The van der Waals surface area contributed by atoms with Crippen molar-refractivity contribution in [1.82, 2.24) is 14.5 Å². The van der Waals surface area contributed by atoms with E-state index in [1.165, 1.54) is 0 Å². The Kier molecular flexibility index (Phi) is 2.96. The largest absolute Gasteiger partial charge is 0.332 e. The van der Waals surface area contributed by atoms with Crippen LogP contribution in [0.4, 0.5) is 0 Å². The Morgan fingerprint density at radius 3 is 2.94 bits per heavy atom. The van der Waals surface area contributed by atoms with Crippen molar-refractivity contribution in [2.45, 2.75) is 33.0 Å². The van der Waals surface area contributed by atoms with Crippen molar-refractivity contribution in [2.24, 2.45) is 11.7 Å². The molecule has 2 heterocycles. The number of nitrogens with zero attached hydrogens (tertiary/aromatic N) is 3. The molecule has 0 radical (unpaired) electrons. The molecule has 0 saturated carbocycles. The van der Waals surface area contributed by atoms with Gasteiger partial charge in [-0.15, -0.1) is 0 Å². The van der Waals surface area contributed by atoms with Crippen molar-refractivity contribution >= 4 is 5.91 Å². The fourth-order valence-electron chi connectivity index (χ4n) is 1.86. The van der Waals surface area contributed by atoms with Crippen LogP contribution in [0, 0.1) is 5.92 Å². The molecule has 1 aliphatic heterocycles. The van der Waals surface area contributed by atoms with Gasteiger partial charge in [-0.05, 0) is 5.92 Å². The van der Waals surface area contributed by atoms with Gasteiger partial charge in [0.05, 0.1) is 12.6 Å². The molecule has 1 atom stereocenters. The molecular weight excluding hydrogens is 204 g/mol. The van der Waals surface area contributed by atoms with Crippen LogP contribution in [0.3, 0.4) is 0 Å². The lowest BCUT2D eigenvalue weighted by Crippen LogP contribution is -2.49. The van der Waals surface area contributed by atoms with Crippen LogP contribution in [0.25, 0.3) is 0 Å². The summed E-state index contributed by atoms with van der Waals surface area (Å²) in [5.41, 5.74) is 5.87. The standard InChI is InChI=1S/C11H18N4O/c1-8(2)10(12)11(16)15-6-5-14-4-3-13-9(14)7-15/h3-4,8,10H,5-7,12H2,1-2H3. The summed E-state index contributed by atoms with van der Waals surface area (Å²) in [6.45, 7) is 6.04. The lowest BCUT2D eigenvalue weighted by molar-refractivity contribution is -0.135. The van der Waals surface area contributed by atoms with Crippen LogP contribution >= 0.6 is 0 Å². The zero-order valence-corrected chi connectivity index (χ0v) is 9.76. The maximum atomic E-state index is 12.0. The van der Waals surface area contributed by atoms with Crippen molar-refractivity contribution in [3.63, 3.8) is 0 Å². The number of hydrogen-bond acceptors (Lipinski definition) is 3. The highest BCUT2D eigenvalue weighted by Crippen LogP contribution is 2.12. The Morgan fingerprint density at radius 1 is 1.50 bits per heavy atom. The number of amides is 1. The molecule has 1 unspecified atom stereocenters. The molecule has 0 bridgehead atoms. The summed E-state index contributed by atoms with van der Waals surface area (Å²) in [6, 6.07) is -0.401. The van der Waals surface area contributed by atoms with Gasteiger partial charge < -0.3 is 15.2 Å². The van der Waals surface area contributed by atoms with E-state index in [-0.39, 0.29) is 11.8 Å². The van der Waals surface area contributed by atoms with Gasteiger partial charge in [-0.2, -0.15) is 0 Å². The maximum Gasteiger partial charge on any atom is 0.240 e. The van der Waals surface area contributed by atoms with Crippen molar-refractivity contribution in [3.05, 3.63) is 18.2 Å². The fraction of sp³-hybridized carbons (Fsp3) is 0.636. The minimum atomic E-state index is -0.401. The Bertz CT molecular complexity index is 385. The maximum absolute atomic E-state index is 12.0. The van der Waals surface area contributed by atoms with E-state index in [1.807, 2.05) is 20.0 Å². The number of carbonyl (C=O) groups excluding carboxylic acids is 1. The topological polar surface area (TPSA) is 64.2 Å². The first-order valence-electron chi connectivity index (χ1n) is 5.64. The van der Waals surface area contributed by atoms with Crippen LogP contribution in [0.2, 0.25) is 0 Å². The first kappa shape index (κ1) is 11.1. The summed E-state index contributed by atoms with van der Waals surface area (Å²) in [4.78, 5) is 18.1. The highest BCUT2D eigenvalue weighted by molar-refractivity contribution is 5.81. The Balaban J connectivity index is 2.06. The van der Waals surface area contributed by atoms with Crippen LogP contribution in [-0.4, -0.2) is 32.9 Å². The van der Waals surface area contributed by atoms with Crippen LogP contribution in [0.15, 0.2) is 12.4 Å². The molecule has 0 spiro atoms. The Labute approximate surface area is 95.2 Å². The predicted octanol–water partition coefficient (Wildman–Crippen LogP) is 0.209. The zero-order valence-electron chi connectivity index (χ0n) is 9.76. The number of rotatable bonds is 2. The summed E-state index contributed by atoms with van der Waals surface area (Å²) in [5.74, 6) is 1.15. The Hall–Kier alpha value is -1.36. The smallest absolute Gasteiger partial charge is 0.240 e. The van der Waals surface area contributed by atoms with Gasteiger partial charge in [0.25, 0.3) is 0 Å². The van der Waals surface area contributed by atoms with E-state index in [0.717, 1.165) is 18.9 Å². The highest BCUT2D eigenvalue weighted by atomic mass is 16.2. The molecule has 16 heavy (non-hydrogen) atoms. The number of aromatic nitrogens is 2. The van der Waals surface area contributed by atoms with Gasteiger partial charge >= 0.3 is 0 Å². The highest BCUT2D eigenvalue weighted by Gasteiger charge is 2.26. The normalized spacial score (nSPS) is 17.4. The number of imidazole rings is 1. The molecule has 2 rings (SSSR count). The second-order valence-corrected chi connectivity index (χ2v) is 4.57.